The van der Waals surface area contributed by atoms with Gasteiger partial charge < -0.3 is 10.3 Å². The van der Waals surface area contributed by atoms with E-state index in [9.17, 15) is 4.79 Å². The van der Waals surface area contributed by atoms with E-state index in [-0.39, 0.29) is 11.6 Å². The molecule has 1 saturated carbocycles. The molecule has 2 aromatic heterocycles. The minimum absolute atomic E-state index is 0.0815. The molecular formula is C14H18ClN5O. The first-order valence-electron chi connectivity index (χ1n) is 7.20. The molecule has 6 nitrogen and oxygen atoms in total. The maximum Gasteiger partial charge on any atom is 0.291 e. The Morgan fingerprint density at radius 1 is 1.57 bits per heavy atom. The van der Waals surface area contributed by atoms with Gasteiger partial charge in [0.05, 0.1) is 17.3 Å². The highest BCUT2D eigenvalue weighted by atomic mass is 35.5. The molecule has 1 aliphatic rings. The fourth-order valence-corrected chi connectivity index (χ4v) is 2.46. The highest BCUT2D eigenvalue weighted by molar-refractivity contribution is 6.33. The van der Waals surface area contributed by atoms with Crippen molar-refractivity contribution in [2.75, 3.05) is 5.32 Å². The van der Waals surface area contributed by atoms with Crippen LogP contribution < -0.4 is 10.9 Å². The number of nitrogens with zero attached hydrogens (tertiary/aromatic N) is 3. The van der Waals surface area contributed by atoms with Crippen LogP contribution in [-0.2, 0) is 6.54 Å². The second-order valence-corrected chi connectivity index (χ2v) is 5.78. The summed E-state index contributed by atoms with van der Waals surface area (Å²) in [5.41, 5.74) is 0.231. The zero-order valence-corrected chi connectivity index (χ0v) is 12.6. The van der Waals surface area contributed by atoms with Crippen molar-refractivity contribution < 1.29 is 0 Å². The fourth-order valence-electron chi connectivity index (χ4n) is 2.28. The van der Waals surface area contributed by atoms with E-state index in [2.05, 4.69) is 20.4 Å². The molecule has 0 aliphatic heterocycles. The second-order valence-electron chi connectivity index (χ2n) is 5.38. The lowest BCUT2D eigenvalue weighted by Crippen LogP contribution is -2.28. The Balaban J connectivity index is 1.88. The van der Waals surface area contributed by atoms with Gasteiger partial charge in [-0.2, -0.15) is 5.10 Å². The van der Waals surface area contributed by atoms with E-state index in [0.29, 0.717) is 23.2 Å². The average molecular weight is 308 g/mol. The van der Waals surface area contributed by atoms with E-state index < -0.39 is 0 Å². The summed E-state index contributed by atoms with van der Waals surface area (Å²) in [6, 6.07) is -0.0815. The highest BCUT2D eigenvalue weighted by Crippen LogP contribution is 2.30. The molecule has 1 atom stereocenters. The van der Waals surface area contributed by atoms with Crippen LogP contribution in [-0.4, -0.2) is 19.7 Å². The van der Waals surface area contributed by atoms with Crippen molar-refractivity contribution in [3.63, 3.8) is 0 Å². The van der Waals surface area contributed by atoms with Crippen LogP contribution in [0.4, 0.5) is 5.69 Å². The van der Waals surface area contributed by atoms with E-state index in [1.807, 2.05) is 6.92 Å². The molecular weight excluding hydrogens is 290 g/mol. The van der Waals surface area contributed by atoms with Gasteiger partial charge in [0.25, 0.3) is 5.56 Å². The van der Waals surface area contributed by atoms with Crippen LogP contribution in [0.5, 0.6) is 0 Å². The molecule has 7 heteroatoms. The van der Waals surface area contributed by atoms with Gasteiger partial charge >= 0.3 is 0 Å². The molecule has 2 aromatic rings. The van der Waals surface area contributed by atoms with Crippen LogP contribution in [0.1, 0.15) is 38.1 Å². The lowest BCUT2D eigenvalue weighted by molar-refractivity contribution is 0.533. The third-order valence-electron chi connectivity index (χ3n) is 3.70. The van der Waals surface area contributed by atoms with Gasteiger partial charge in [0.2, 0.25) is 0 Å². The van der Waals surface area contributed by atoms with Crippen molar-refractivity contribution in [1.29, 1.82) is 0 Å². The summed E-state index contributed by atoms with van der Waals surface area (Å²) >= 11 is 6.15. The minimum Gasteiger partial charge on any atom is -0.369 e. The summed E-state index contributed by atoms with van der Waals surface area (Å²) in [5, 5.41) is 7.67. The molecule has 0 aromatic carbocycles. The number of aromatic amines is 1. The number of imidazole rings is 1. The lowest BCUT2D eigenvalue weighted by atomic mass is 10.2. The first-order chi connectivity index (χ1) is 10.2. The van der Waals surface area contributed by atoms with Crippen LogP contribution >= 0.6 is 11.6 Å². The van der Waals surface area contributed by atoms with Gasteiger partial charge in [-0.15, -0.1) is 0 Å². The number of aromatic nitrogens is 4. The lowest BCUT2D eigenvalue weighted by Gasteiger charge is -2.17. The van der Waals surface area contributed by atoms with Gasteiger partial charge in [0.1, 0.15) is 11.5 Å². The SMILES string of the molecule is CCC(Nc1c(Cl)cnn(CC2CC2)c1=O)c1ncc[nH]1. The summed E-state index contributed by atoms with van der Waals surface area (Å²) in [5.74, 6) is 1.37. The Kier molecular flexibility index (Phi) is 3.96. The number of nitrogens with one attached hydrogen (secondary N) is 2. The van der Waals surface area contributed by atoms with Crippen molar-refractivity contribution in [3.8, 4) is 0 Å². The van der Waals surface area contributed by atoms with Crippen LogP contribution in [0.25, 0.3) is 0 Å². The predicted molar refractivity (Wildman–Crippen MR) is 81.5 cm³/mol. The Bertz CT molecular complexity index is 662. The Labute approximate surface area is 127 Å². The maximum absolute atomic E-state index is 12.5. The standard InChI is InChI=1S/C14H18ClN5O/c1-2-11(13-16-5-6-17-13)19-12-10(15)7-18-20(14(12)21)8-9-3-4-9/h5-7,9,11,19H,2-4,8H2,1H3,(H,16,17). The van der Waals surface area contributed by atoms with Crippen molar-refractivity contribution in [1.82, 2.24) is 19.7 Å². The third kappa shape index (κ3) is 3.10. The largest absolute Gasteiger partial charge is 0.369 e. The topological polar surface area (TPSA) is 75.6 Å². The molecule has 21 heavy (non-hydrogen) atoms. The second kappa shape index (κ2) is 5.89. The number of hydrogen-bond acceptors (Lipinski definition) is 4. The highest BCUT2D eigenvalue weighted by Gasteiger charge is 2.24. The molecule has 0 saturated heterocycles. The predicted octanol–water partition coefficient (Wildman–Crippen LogP) is 2.59. The Hall–Kier alpha value is -1.82. The third-order valence-corrected chi connectivity index (χ3v) is 3.99. The van der Waals surface area contributed by atoms with Crippen LogP contribution in [0.2, 0.25) is 5.02 Å². The van der Waals surface area contributed by atoms with Gasteiger partial charge in [-0.1, -0.05) is 18.5 Å². The number of halogens is 1. The monoisotopic (exact) mass is 307 g/mol. The van der Waals surface area contributed by atoms with Gasteiger partial charge in [-0.05, 0) is 25.2 Å². The Morgan fingerprint density at radius 3 is 3.00 bits per heavy atom. The minimum atomic E-state index is -0.167. The summed E-state index contributed by atoms with van der Waals surface area (Å²) in [7, 11) is 0. The van der Waals surface area contributed by atoms with Crippen LogP contribution in [0.15, 0.2) is 23.4 Å². The molecule has 1 unspecified atom stereocenters. The normalized spacial score (nSPS) is 15.9. The molecule has 1 aliphatic carbocycles. The Morgan fingerprint density at radius 2 is 2.38 bits per heavy atom. The van der Waals surface area contributed by atoms with Crippen molar-refractivity contribution in [2.24, 2.45) is 5.92 Å². The molecule has 0 radical (unpaired) electrons. The first kappa shape index (κ1) is 14.1. The fraction of sp³-hybridized carbons (Fsp3) is 0.500. The quantitative estimate of drug-likeness (QED) is 0.860. The summed E-state index contributed by atoms with van der Waals surface area (Å²) in [4.78, 5) is 19.8. The summed E-state index contributed by atoms with van der Waals surface area (Å²) in [6.07, 6.45) is 8.11. The van der Waals surface area contributed by atoms with Gasteiger partial charge in [-0.25, -0.2) is 9.67 Å². The zero-order valence-electron chi connectivity index (χ0n) is 11.8. The summed E-state index contributed by atoms with van der Waals surface area (Å²) < 4.78 is 1.50. The molecule has 0 amide bonds. The van der Waals surface area contributed by atoms with Gasteiger partial charge in [0.15, 0.2) is 0 Å². The maximum atomic E-state index is 12.5. The van der Waals surface area contributed by atoms with Crippen molar-refractivity contribution in [3.05, 3.63) is 39.8 Å². The molecule has 0 spiro atoms. The van der Waals surface area contributed by atoms with E-state index in [4.69, 9.17) is 11.6 Å². The molecule has 2 heterocycles. The number of H-pyrrole nitrogens is 1. The molecule has 112 valence electrons. The van der Waals surface area contributed by atoms with Crippen LogP contribution in [0, 0.1) is 5.92 Å². The summed E-state index contributed by atoms with van der Waals surface area (Å²) in [6.45, 7) is 2.69. The van der Waals surface area contributed by atoms with Crippen molar-refractivity contribution >= 4 is 17.3 Å². The average Bonchev–Trinajstić information content (AvgIpc) is 3.13. The molecule has 2 N–H and O–H groups in total. The zero-order chi connectivity index (χ0) is 14.8. The number of anilines is 1. The van der Waals surface area contributed by atoms with Gasteiger partial charge in [-0.3, -0.25) is 4.79 Å². The van der Waals surface area contributed by atoms with E-state index >= 15 is 0 Å². The first-order valence-corrected chi connectivity index (χ1v) is 7.58. The molecule has 1 fully saturated rings. The van der Waals surface area contributed by atoms with Crippen molar-refractivity contribution in [2.45, 2.75) is 38.8 Å². The molecule has 3 rings (SSSR count). The van der Waals surface area contributed by atoms with E-state index in [0.717, 1.165) is 12.2 Å². The van der Waals surface area contributed by atoms with E-state index in [1.165, 1.54) is 23.7 Å². The number of rotatable bonds is 6. The number of hydrogen-bond donors (Lipinski definition) is 2. The van der Waals surface area contributed by atoms with Crippen LogP contribution in [0.3, 0.4) is 0 Å². The smallest absolute Gasteiger partial charge is 0.291 e. The van der Waals surface area contributed by atoms with E-state index in [1.54, 1.807) is 12.4 Å². The van der Waals surface area contributed by atoms with Gasteiger partial charge in [0, 0.05) is 18.9 Å². The molecule has 0 bridgehead atoms.